The third-order valence-electron chi connectivity index (χ3n) is 4.65. The van der Waals surface area contributed by atoms with Crippen LogP contribution in [0.15, 0.2) is 59.4 Å². The molecule has 8 heteroatoms. The second-order valence-electron chi connectivity index (χ2n) is 6.62. The van der Waals surface area contributed by atoms with Crippen LogP contribution >= 0.6 is 0 Å². The number of hydrogen-bond acceptors (Lipinski definition) is 6. The first kappa shape index (κ1) is 21.2. The first-order valence-corrected chi connectivity index (χ1v) is 9.64. The zero-order valence-electron chi connectivity index (χ0n) is 16.7. The third-order valence-corrected chi connectivity index (χ3v) is 4.65. The number of rotatable bonds is 8. The van der Waals surface area contributed by atoms with E-state index in [1.54, 1.807) is 29.2 Å². The molecule has 156 valence electrons. The van der Waals surface area contributed by atoms with Gasteiger partial charge in [-0.1, -0.05) is 48.5 Å². The van der Waals surface area contributed by atoms with Crippen LogP contribution in [0.25, 0.3) is 10.8 Å². The molecule has 0 aliphatic rings. The number of esters is 1. The molecule has 1 aromatic heterocycles. The molecule has 3 rings (SSSR count). The van der Waals surface area contributed by atoms with E-state index in [2.05, 4.69) is 5.10 Å². The van der Waals surface area contributed by atoms with Gasteiger partial charge in [0.1, 0.15) is 0 Å². The third kappa shape index (κ3) is 4.72. The van der Waals surface area contributed by atoms with E-state index in [1.807, 2.05) is 37.3 Å². The van der Waals surface area contributed by atoms with Crippen LogP contribution in [-0.4, -0.2) is 51.4 Å². The normalized spacial score (nSPS) is 10.7. The van der Waals surface area contributed by atoms with Crippen LogP contribution in [0.1, 0.15) is 23.0 Å². The van der Waals surface area contributed by atoms with Crippen LogP contribution in [0.4, 0.5) is 0 Å². The Morgan fingerprint density at radius 2 is 1.73 bits per heavy atom. The topological polar surface area (TPSA) is 102 Å². The molecule has 0 spiro atoms. The number of amides is 1. The fourth-order valence-electron chi connectivity index (χ4n) is 3.10. The maximum absolute atomic E-state index is 12.7. The minimum absolute atomic E-state index is 0.0520. The molecule has 0 atom stereocenters. The molecule has 3 aromatic rings. The summed E-state index contributed by atoms with van der Waals surface area (Å²) in [6.07, 6.45) is 0. The first-order chi connectivity index (χ1) is 14.5. The van der Waals surface area contributed by atoms with E-state index < -0.39 is 18.1 Å². The number of hydrogen-bond donors (Lipinski definition) is 1. The fraction of sp³-hybridized carbons (Fsp3) is 0.273. The summed E-state index contributed by atoms with van der Waals surface area (Å²) in [5.74, 6) is -1.13. The lowest BCUT2D eigenvalue weighted by Crippen LogP contribution is -2.34. The number of carbonyl (C=O) groups excluding carboxylic acids is 2. The lowest BCUT2D eigenvalue weighted by molar-refractivity contribution is -0.134. The summed E-state index contributed by atoms with van der Waals surface area (Å²) in [5, 5.41) is 13.8. The van der Waals surface area contributed by atoms with Gasteiger partial charge < -0.3 is 14.7 Å². The molecule has 1 amide bonds. The largest absolute Gasteiger partial charge is 0.451 e. The smallest absolute Gasteiger partial charge is 0.359 e. The number of aliphatic hydroxyl groups is 1. The molecule has 30 heavy (non-hydrogen) atoms. The van der Waals surface area contributed by atoms with Crippen LogP contribution in [0, 0.1) is 0 Å². The average molecular weight is 409 g/mol. The molecule has 1 N–H and O–H groups in total. The molecule has 0 unspecified atom stereocenters. The molecule has 8 nitrogen and oxygen atoms in total. The lowest BCUT2D eigenvalue weighted by Gasteiger charge is -2.21. The van der Waals surface area contributed by atoms with Crippen molar-refractivity contribution in [2.24, 2.45) is 0 Å². The number of likely N-dealkylation sites (N-methyl/N-ethyl adjacent to an activating group) is 1. The summed E-state index contributed by atoms with van der Waals surface area (Å²) in [6, 6.07) is 16.1. The summed E-state index contributed by atoms with van der Waals surface area (Å²) in [7, 11) is 0. The second kappa shape index (κ2) is 9.80. The van der Waals surface area contributed by atoms with Crippen LogP contribution in [0.2, 0.25) is 0 Å². The fourth-order valence-corrected chi connectivity index (χ4v) is 3.10. The van der Waals surface area contributed by atoms with Gasteiger partial charge in [-0.25, -0.2) is 9.48 Å². The number of aliphatic hydroxyl groups excluding tert-OH is 1. The Kier molecular flexibility index (Phi) is 6.92. The highest BCUT2D eigenvalue weighted by molar-refractivity contribution is 6.02. The highest BCUT2D eigenvalue weighted by Crippen LogP contribution is 2.14. The summed E-state index contributed by atoms with van der Waals surface area (Å²) < 4.78 is 6.24. The molecule has 0 aliphatic heterocycles. The van der Waals surface area contributed by atoms with E-state index in [4.69, 9.17) is 9.84 Å². The van der Waals surface area contributed by atoms with Crippen LogP contribution in [0.5, 0.6) is 0 Å². The van der Waals surface area contributed by atoms with Gasteiger partial charge in [-0.2, -0.15) is 5.10 Å². The molecule has 0 saturated carbocycles. The lowest BCUT2D eigenvalue weighted by atomic mass is 10.1. The van der Waals surface area contributed by atoms with Gasteiger partial charge in [0.25, 0.3) is 11.5 Å². The first-order valence-electron chi connectivity index (χ1n) is 9.64. The number of ether oxygens (including phenoxy) is 1. The monoisotopic (exact) mass is 409 g/mol. The maximum atomic E-state index is 12.7. The Morgan fingerprint density at radius 3 is 2.40 bits per heavy atom. The highest BCUT2D eigenvalue weighted by atomic mass is 16.5. The molecule has 0 bridgehead atoms. The minimum Gasteiger partial charge on any atom is -0.451 e. The Morgan fingerprint density at radius 1 is 1.07 bits per heavy atom. The van der Waals surface area contributed by atoms with Gasteiger partial charge in [0, 0.05) is 18.5 Å². The van der Waals surface area contributed by atoms with E-state index in [9.17, 15) is 14.4 Å². The average Bonchev–Trinajstić information content (AvgIpc) is 2.78. The van der Waals surface area contributed by atoms with Gasteiger partial charge in [0.2, 0.25) is 0 Å². The summed E-state index contributed by atoms with van der Waals surface area (Å²) in [4.78, 5) is 39.2. The number of nitrogens with zero attached hydrogens (tertiary/aromatic N) is 3. The summed E-state index contributed by atoms with van der Waals surface area (Å²) in [6.45, 7) is 1.94. The standard InChI is InChI=1S/C22H23N3O5/c1-2-24(14-16-8-4-3-5-9-16)19(27)15-30-22(29)20-17-10-6-7-11-18(17)21(28)25(23-20)12-13-26/h3-11,26H,2,12-15H2,1H3. The molecule has 0 radical (unpaired) electrons. The van der Waals surface area contributed by atoms with Crippen molar-refractivity contribution in [1.29, 1.82) is 0 Å². The SMILES string of the molecule is CCN(Cc1ccccc1)C(=O)COC(=O)c1nn(CCO)c(=O)c2ccccc12. The summed E-state index contributed by atoms with van der Waals surface area (Å²) >= 11 is 0. The van der Waals surface area contributed by atoms with E-state index in [-0.39, 0.29) is 24.8 Å². The molecule has 1 heterocycles. The number of aromatic nitrogens is 2. The van der Waals surface area contributed by atoms with Gasteiger partial charge in [-0.3, -0.25) is 9.59 Å². The zero-order chi connectivity index (χ0) is 21.5. The summed E-state index contributed by atoms with van der Waals surface area (Å²) in [5.41, 5.74) is 0.493. The molecule has 2 aromatic carbocycles. The predicted molar refractivity (Wildman–Crippen MR) is 111 cm³/mol. The van der Waals surface area contributed by atoms with Gasteiger partial charge in [0.15, 0.2) is 12.3 Å². The van der Waals surface area contributed by atoms with Crippen molar-refractivity contribution in [3.8, 4) is 0 Å². The van der Waals surface area contributed by atoms with Gasteiger partial charge in [0.05, 0.1) is 18.5 Å². The Bertz CT molecular complexity index is 1090. The molecule has 0 fully saturated rings. The van der Waals surface area contributed by atoms with Gasteiger partial charge in [-0.15, -0.1) is 0 Å². The van der Waals surface area contributed by atoms with Crippen LogP contribution in [-0.2, 0) is 22.6 Å². The van der Waals surface area contributed by atoms with Crippen LogP contribution in [0.3, 0.4) is 0 Å². The maximum Gasteiger partial charge on any atom is 0.359 e. The molecule has 0 saturated heterocycles. The Labute approximate surface area is 173 Å². The van der Waals surface area contributed by atoms with Crippen molar-refractivity contribution in [1.82, 2.24) is 14.7 Å². The molecular formula is C22H23N3O5. The van der Waals surface area contributed by atoms with Crippen molar-refractivity contribution in [3.63, 3.8) is 0 Å². The van der Waals surface area contributed by atoms with Crippen molar-refractivity contribution in [2.75, 3.05) is 19.8 Å². The van der Waals surface area contributed by atoms with Crippen molar-refractivity contribution in [3.05, 3.63) is 76.2 Å². The van der Waals surface area contributed by atoms with E-state index in [1.165, 1.54) is 0 Å². The van der Waals surface area contributed by atoms with Crippen LogP contribution < -0.4 is 5.56 Å². The van der Waals surface area contributed by atoms with Gasteiger partial charge in [-0.05, 0) is 18.6 Å². The van der Waals surface area contributed by atoms with E-state index >= 15 is 0 Å². The second-order valence-corrected chi connectivity index (χ2v) is 6.62. The zero-order valence-corrected chi connectivity index (χ0v) is 16.7. The van der Waals surface area contributed by atoms with E-state index in [0.29, 0.717) is 23.9 Å². The van der Waals surface area contributed by atoms with E-state index in [0.717, 1.165) is 10.2 Å². The predicted octanol–water partition coefficient (Wildman–Crippen LogP) is 1.59. The Balaban J connectivity index is 1.77. The molecule has 0 aliphatic carbocycles. The van der Waals surface area contributed by atoms with Crippen molar-refractivity contribution >= 4 is 22.6 Å². The number of carbonyl (C=O) groups is 2. The minimum atomic E-state index is -0.804. The van der Waals surface area contributed by atoms with Gasteiger partial charge >= 0.3 is 5.97 Å². The Hall–Kier alpha value is -3.52. The quantitative estimate of drug-likeness (QED) is 0.567. The van der Waals surface area contributed by atoms with Crippen molar-refractivity contribution in [2.45, 2.75) is 20.0 Å². The highest BCUT2D eigenvalue weighted by Gasteiger charge is 2.20. The molecular weight excluding hydrogens is 386 g/mol. The van der Waals surface area contributed by atoms with Crippen molar-refractivity contribution < 1.29 is 19.4 Å². The number of benzene rings is 2. The number of fused-ring (bicyclic) bond motifs is 1.